The molecule has 0 fully saturated rings. The summed E-state index contributed by atoms with van der Waals surface area (Å²) < 4.78 is 0. The molecule has 0 amide bonds. The SMILES string of the molecule is CSC(C)N=C(N)/C(=C\N)[C@@H](C)O. The van der Waals surface area contributed by atoms with Crippen molar-refractivity contribution in [3.8, 4) is 0 Å². The number of nitrogens with two attached hydrogens (primary N) is 2. The van der Waals surface area contributed by atoms with Crippen LogP contribution in [-0.4, -0.2) is 28.7 Å². The van der Waals surface area contributed by atoms with Gasteiger partial charge in [-0.2, -0.15) is 0 Å². The molecule has 0 aliphatic carbocycles. The Morgan fingerprint density at radius 2 is 2.08 bits per heavy atom. The lowest BCUT2D eigenvalue weighted by Gasteiger charge is -2.10. The summed E-state index contributed by atoms with van der Waals surface area (Å²) in [5.41, 5.74) is 11.4. The monoisotopic (exact) mass is 203 g/mol. The molecule has 76 valence electrons. The van der Waals surface area contributed by atoms with Crippen molar-refractivity contribution < 1.29 is 5.11 Å². The minimum absolute atomic E-state index is 0.0775. The van der Waals surface area contributed by atoms with E-state index in [-0.39, 0.29) is 5.37 Å². The minimum atomic E-state index is -0.678. The zero-order valence-corrected chi connectivity index (χ0v) is 9.01. The number of aliphatic hydroxyl groups excluding tert-OH is 1. The van der Waals surface area contributed by atoms with Crippen LogP contribution in [0.5, 0.6) is 0 Å². The van der Waals surface area contributed by atoms with Gasteiger partial charge in [0.15, 0.2) is 0 Å². The molecule has 2 atom stereocenters. The van der Waals surface area contributed by atoms with Gasteiger partial charge in [-0.1, -0.05) is 0 Å². The Bertz CT molecular complexity index is 213. The van der Waals surface area contributed by atoms with E-state index in [1.807, 2.05) is 13.2 Å². The first-order valence-electron chi connectivity index (χ1n) is 3.99. The van der Waals surface area contributed by atoms with E-state index in [0.717, 1.165) is 0 Å². The van der Waals surface area contributed by atoms with Crippen LogP contribution < -0.4 is 11.5 Å². The molecule has 0 heterocycles. The first kappa shape index (κ1) is 12.3. The molecule has 5 heteroatoms. The molecule has 0 saturated heterocycles. The summed E-state index contributed by atoms with van der Waals surface area (Å²) in [6, 6.07) is 0. The van der Waals surface area contributed by atoms with Crippen LogP contribution in [0.1, 0.15) is 13.8 Å². The highest BCUT2D eigenvalue weighted by Crippen LogP contribution is 2.08. The van der Waals surface area contributed by atoms with Crippen LogP contribution in [0.25, 0.3) is 0 Å². The molecule has 0 aliphatic heterocycles. The molecular weight excluding hydrogens is 186 g/mol. The van der Waals surface area contributed by atoms with Crippen molar-refractivity contribution in [3.63, 3.8) is 0 Å². The van der Waals surface area contributed by atoms with Crippen molar-refractivity contribution in [2.45, 2.75) is 25.3 Å². The molecule has 0 bridgehead atoms. The molecule has 1 unspecified atom stereocenters. The van der Waals surface area contributed by atoms with E-state index in [2.05, 4.69) is 4.99 Å². The van der Waals surface area contributed by atoms with E-state index in [4.69, 9.17) is 11.5 Å². The number of aliphatic imine (C=N–C) groups is 1. The molecule has 5 N–H and O–H groups in total. The van der Waals surface area contributed by atoms with E-state index in [1.165, 1.54) is 6.20 Å². The fraction of sp³-hybridized carbons (Fsp3) is 0.625. The molecule has 0 aromatic carbocycles. The second-order valence-corrected chi connectivity index (χ2v) is 3.80. The number of rotatable bonds is 4. The topological polar surface area (TPSA) is 84.6 Å². The Morgan fingerprint density at radius 1 is 1.54 bits per heavy atom. The Kier molecular flexibility index (Phi) is 5.57. The van der Waals surface area contributed by atoms with Gasteiger partial charge >= 0.3 is 0 Å². The number of aliphatic hydroxyl groups is 1. The fourth-order valence-electron chi connectivity index (χ4n) is 0.762. The summed E-state index contributed by atoms with van der Waals surface area (Å²) in [7, 11) is 0. The van der Waals surface area contributed by atoms with Gasteiger partial charge in [-0.05, 0) is 20.1 Å². The normalized spacial score (nSPS) is 18.5. The van der Waals surface area contributed by atoms with Crippen LogP contribution in [0.2, 0.25) is 0 Å². The van der Waals surface area contributed by atoms with Gasteiger partial charge in [-0.15, -0.1) is 11.8 Å². The van der Waals surface area contributed by atoms with Gasteiger partial charge in [-0.25, -0.2) is 0 Å². The van der Waals surface area contributed by atoms with E-state index in [0.29, 0.717) is 11.4 Å². The molecule has 0 radical (unpaired) electrons. The predicted octanol–water partition coefficient (Wildman–Crippen LogP) is 0.276. The molecule has 4 nitrogen and oxygen atoms in total. The van der Waals surface area contributed by atoms with Crippen LogP contribution >= 0.6 is 11.8 Å². The zero-order chi connectivity index (χ0) is 10.4. The van der Waals surface area contributed by atoms with E-state index < -0.39 is 6.10 Å². The lowest BCUT2D eigenvalue weighted by Crippen LogP contribution is -2.25. The fourth-order valence-corrected chi connectivity index (χ4v) is 0.981. The van der Waals surface area contributed by atoms with Crippen molar-refractivity contribution in [2.24, 2.45) is 16.5 Å². The second kappa shape index (κ2) is 5.88. The maximum atomic E-state index is 9.25. The summed E-state index contributed by atoms with van der Waals surface area (Å²) in [6.45, 7) is 3.53. The average molecular weight is 203 g/mol. The van der Waals surface area contributed by atoms with Gasteiger partial charge in [0.2, 0.25) is 0 Å². The van der Waals surface area contributed by atoms with Crippen molar-refractivity contribution in [1.82, 2.24) is 0 Å². The van der Waals surface area contributed by atoms with E-state index in [1.54, 1.807) is 18.7 Å². The largest absolute Gasteiger partial charge is 0.404 e. The molecule has 0 rings (SSSR count). The maximum absolute atomic E-state index is 9.25. The molecular formula is C8H17N3OS. The minimum Gasteiger partial charge on any atom is -0.404 e. The lowest BCUT2D eigenvalue weighted by atomic mass is 10.1. The second-order valence-electron chi connectivity index (χ2n) is 2.65. The van der Waals surface area contributed by atoms with Gasteiger partial charge in [0.05, 0.1) is 11.5 Å². The number of nitrogens with zero attached hydrogens (tertiary/aromatic N) is 1. The average Bonchev–Trinajstić information content (AvgIpc) is 2.04. The van der Waals surface area contributed by atoms with Gasteiger partial charge < -0.3 is 16.6 Å². The molecule has 13 heavy (non-hydrogen) atoms. The molecule has 0 saturated carbocycles. The zero-order valence-electron chi connectivity index (χ0n) is 8.19. The Hall–Kier alpha value is -0.680. The number of hydrogen-bond donors (Lipinski definition) is 3. The molecule has 0 spiro atoms. The summed E-state index contributed by atoms with van der Waals surface area (Å²) >= 11 is 1.58. The third-order valence-corrected chi connectivity index (χ3v) is 2.38. The lowest BCUT2D eigenvalue weighted by molar-refractivity contribution is 0.237. The summed E-state index contributed by atoms with van der Waals surface area (Å²) in [5, 5.41) is 9.33. The van der Waals surface area contributed by atoms with E-state index in [9.17, 15) is 5.11 Å². The Morgan fingerprint density at radius 3 is 2.38 bits per heavy atom. The summed E-state index contributed by atoms with van der Waals surface area (Å²) in [6.07, 6.45) is 2.55. The summed E-state index contributed by atoms with van der Waals surface area (Å²) in [4.78, 5) is 4.14. The third kappa shape index (κ3) is 4.19. The highest BCUT2D eigenvalue weighted by atomic mass is 32.2. The van der Waals surface area contributed by atoms with Gasteiger partial charge in [0, 0.05) is 11.8 Å². The molecule has 0 aromatic rings. The van der Waals surface area contributed by atoms with Crippen LogP contribution in [0.15, 0.2) is 16.8 Å². The van der Waals surface area contributed by atoms with Crippen molar-refractivity contribution in [1.29, 1.82) is 0 Å². The number of hydrogen-bond acceptors (Lipinski definition) is 4. The predicted molar refractivity (Wildman–Crippen MR) is 58.6 cm³/mol. The molecule has 0 aliphatic rings. The third-order valence-electron chi connectivity index (χ3n) is 1.59. The van der Waals surface area contributed by atoms with Gasteiger partial charge in [0.25, 0.3) is 0 Å². The van der Waals surface area contributed by atoms with Crippen LogP contribution in [0.3, 0.4) is 0 Å². The van der Waals surface area contributed by atoms with Crippen molar-refractivity contribution in [2.75, 3.05) is 6.26 Å². The highest BCUT2D eigenvalue weighted by molar-refractivity contribution is 7.99. The first-order chi connectivity index (χ1) is 6.02. The quantitative estimate of drug-likeness (QED) is 0.452. The first-order valence-corrected chi connectivity index (χ1v) is 5.28. The number of thioether (sulfide) groups is 1. The van der Waals surface area contributed by atoms with Gasteiger partial charge in [0.1, 0.15) is 5.84 Å². The van der Waals surface area contributed by atoms with Crippen LogP contribution in [0, 0.1) is 0 Å². The summed E-state index contributed by atoms with van der Waals surface area (Å²) in [5.74, 6) is 0.305. The van der Waals surface area contributed by atoms with Crippen LogP contribution in [0.4, 0.5) is 0 Å². The number of amidine groups is 1. The van der Waals surface area contributed by atoms with E-state index >= 15 is 0 Å². The molecule has 0 aromatic heterocycles. The highest BCUT2D eigenvalue weighted by Gasteiger charge is 2.09. The Balaban J connectivity index is 4.56. The van der Waals surface area contributed by atoms with Crippen molar-refractivity contribution in [3.05, 3.63) is 11.8 Å². The van der Waals surface area contributed by atoms with Gasteiger partial charge in [-0.3, -0.25) is 4.99 Å². The maximum Gasteiger partial charge on any atom is 0.126 e. The standard InChI is InChI=1S/C8H17N3OS/c1-5(12)7(4-9)8(10)11-6(2)13-3/h4-6,12H,9H2,1-3H3,(H2,10,11)/b7-4-/t5-,6?/m1/s1. The smallest absolute Gasteiger partial charge is 0.126 e. The van der Waals surface area contributed by atoms with Crippen molar-refractivity contribution >= 4 is 17.6 Å². The Labute approximate surface area is 83.1 Å². The van der Waals surface area contributed by atoms with Crippen LogP contribution in [-0.2, 0) is 0 Å².